The molecule has 0 aromatic heterocycles. The monoisotopic (exact) mass is 727 g/mol. The van der Waals surface area contributed by atoms with Crippen LogP contribution in [0.5, 0.6) is 0 Å². The van der Waals surface area contributed by atoms with E-state index >= 15 is 0 Å². The maximum absolute atomic E-state index is 12.6. The number of aliphatic carboxylic acids is 1. The highest BCUT2D eigenvalue weighted by Gasteiger charge is 2.14. The summed E-state index contributed by atoms with van der Waals surface area (Å²) in [4.78, 5) is 23.6. The Morgan fingerprint density at radius 3 is 1.21 bits per heavy atom. The van der Waals surface area contributed by atoms with Crippen LogP contribution < -0.4 is 0 Å². The summed E-state index contributed by atoms with van der Waals surface area (Å²) in [6.45, 7) is 4.53. The van der Waals surface area contributed by atoms with Gasteiger partial charge in [0.1, 0.15) is 6.10 Å². The molecule has 302 valence electrons. The van der Waals surface area contributed by atoms with E-state index in [4.69, 9.17) is 9.84 Å². The molecule has 0 saturated carbocycles. The molecule has 0 amide bonds. The maximum Gasteiger partial charge on any atom is 0.306 e. The lowest BCUT2D eigenvalue weighted by molar-refractivity contribution is -0.150. The van der Waals surface area contributed by atoms with Gasteiger partial charge in [0.2, 0.25) is 0 Å². The van der Waals surface area contributed by atoms with Crippen LogP contribution in [0, 0.1) is 0 Å². The Hall–Kier alpha value is -2.10. The Morgan fingerprint density at radius 1 is 0.423 bits per heavy atom. The van der Waals surface area contributed by atoms with Crippen molar-refractivity contribution in [1.29, 1.82) is 0 Å². The minimum atomic E-state index is -0.745. The molecule has 0 heterocycles. The van der Waals surface area contributed by atoms with Gasteiger partial charge < -0.3 is 9.84 Å². The fourth-order valence-corrected chi connectivity index (χ4v) is 6.70. The van der Waals surface area contributed by atoms with Crippen molar-refractivity contribution in [3.05, 3.63) is 48.6 Å². The molecule has 4 heteroatoms. The first kappa shape index (κ1) is 49.9. The van der Waals surface area contributed by atoms with Gasteiger partial charge in [0.25, 0.3) is 0 Å². The van der Waals surface area contributed by atoms with Crippen molar-refractivity contribution in [3.63, 3.8) is 0 Å². The number of allylic oxidation sites excluding steroid dienone is 8. The fourth-order valence-electron chi connectivity index (χ4n) is 6.70. The zero-order valence-electron chi connectivity index (χ0n) is 34.6. The van der Waals surface area contributed by atoms with Gasteiger partial charge in [0, 0.05) is 12.8 Å². The Morgan fingerprint density at radius 2 is 0.750 bits per heavy atom. The van der Waals surface area contributed by atoms with E-state index in [1.165, 1.54) is 141 Å². The summed E-state index contributed by atoms with van der Waals surface area (Å²) < 4.78 is 5.92. The van der Waals surface area contributed by atoms with E-state index in [1.807, 2.05) is 0 Å². The van der Waals surface area contributed by atoms with Crippen molar-refractivity contribution in [2.75, 3.05) is 0 Å². The summed E-state index contributed by atoms with van der Waals surface area (Å²) in [5, 5.41) is 8.98. The molecule has 0 aliphatic carbocycles. The van der Waals surface area contributed by atoms with E-state index in [1.54, 1.807) is 0 Å². The third kappa shape index (κ3) is 42.3. The van der Waals surface area contributed by atoms with Crippen LogP contribution in [0.15, 0.2) is 48.6 Å². The van der Waals surface area contributed by atoms with Gasteiger partial charge in [-0.15, -0.1) is 0 Å². The SMILES string of the molecule is CCCCC/C=C\C/C=C\C/C=C\C/C=C\CCCCCCCC(=O)OC(CCCCCCCCCCCCCCCCCC)CCCCC(=O)O. The highest BCUT2D eigenvalue weighted by atomic mass is 16.5. The number of unbranched alkanes of at least 4 members (excludes halogenated alkanes) is 24. The van der Waals surface area contributed by atoms with Gasteiger partial charge in [-0.1, -0.05) is 191 Å². The molecule has 1 N–H and O–H groups in total. The first-order valence-corrected chi connectivity index (χ1v) is 22.6. The molecule has 0 aromatic carbocycles. The van der Waals surface area contributed by atoms with E-state index < -0.39 is 5.97 Å². The highest BCUT2D eigenvalue weighted by Crippen LogP contribution is 2.19. The molecule has 0 spiro atoms. The average Bonchev–Trinajstić information content (AvgIpc) is 3.13. The van der Waals surface area contributed by atoms with Gasteiger partial charge >= 0.3 is 11.9 Å². The van der Waals surface area contributed by atoms with Gasteiger partial charge in [0.15, 0.2) is 0 Å². The number of hydrogen-bond donors (Lipinski definition) is 1. The fraction of sp³-hybridized carbons (Fsp3) is 0.792. The third-order valence-corrected chi connectivity index (χ3v) is 10.1. The number of carbonyl (C=O) groups is 2. The number of esters is 1. The molecule has 0 rings (SSSR count). The van der Waals surface area contributed by atoms with Gasteiger partial charge in [-0.25, -0.2) is 0 Å². The second-order valence-corrected chi connectivity index (χ2v) is 15.2. The van der Waals surface area contributed by atoms with Crippen LogP contribution in [0.4, 0.5) is 0 Å². The van der Waals surface area contributed by atoms with Crippen LogP contribution in [0.3, 0.4) is 0 Å². The Kier molecular flexibility index (Phi) is 41.6. The average molecular weight is 727 g/mol. The van der Waals surface area contributed by atoms with E-state index in [0.717, 1.165) is 64.2 Å². The normalized spacial score (nSPS) is 12.7. The van der Waals surface area contributed by atoms with Crippen molar-refractivity contribution in [2.24, 2.45) is 0 Å². The van der Waals surface area contributed by atoms with Gasteiger partial charge in [-0.2, -0.15) is 0 Å². The first-order valence-electron chi connectivity index (χ1n) is 22.6. The molecule has 0 radical (unpaired) electrons. The molecular weight excluding hydrogens is 641 g/mol. The van der Waals surface area contributed by atoms with Crippen molar-refractivity contribution in [1.82, 2.24) is 0 Å². The lowest BCUT2D eigenvalue weighted by atomic mass is 10.0. The van der Waals surface area contributed by atoms with Crippen LogP contribution in [-0.2, 0) is 14.3 Å². The maximum atomic E-state index is 12.6. The predicted molar refractivity (Wildman–Crippen MR) is 227 cm³/mol. The van der Waals surface area contributed by atoms with Gasteiger partial charge in [-0.3, -0.25) is 9.59 Å². The number of carboxylic acid groups (broad SMARTS) is 1. The summed E-state index contributed by atoms with van der Waals surface area (Å²) in [6.07, 6.45) is 58.5. The molecule has 1 atom stereocenters. The van der Waals surface area contributed by atoms with Gasteiger partial charge in [0.05, 0.1) is 0 Å². The Bertz CT molecular complexity index is 870. The summed E-state index contributed by atoms with van der Waals surface area (Å²) in [7, 11) is 0. The lowest BCUT2D eigenvalue weighted by Gasteiger charge is -2.18. The standard InChI is InChI=1S/C48H86O4/c1-3-5-7-9-11-13-15-17-19-21-22-23-24-25-27-29-31-33-35-37-39-45-48(51)52-46(43-40-41-44-47(49)50)42-38-36-34-32-30-28-26-20-18-16-14-12-10-8-6-4-2/h11,13,17,19,22-23,25,27,46H,3-10,12,14-16,18,20-21,24,26,28-45H2,1-2H3,(H,49,50)/b13-11-,19-17-,23-22-,27-25-. The summed E-state index contributed by atoms with van der Waals surface area (Å²) in [5.74, 6) is -0.814. The van der Waals surface area contributed by atoms with Crippen molar-refractivity contribution >= 4 is 11.9 Å². The molecule has 0 fully saturated rings. The Balaban J connectivity index is 3.89. The largest absolute Gasteiger partial charge is 0.481 e. The molecule has 1 unspecified atom stereocenters. The van der Waals surface area contributed by atoms with Crippen LogP contribution in [0.1, 0.15) is 239 Å². The molecule has 0 aliphatic heterocycles. The smallest absolute Gasteiger partial charge is 0.306 e. The lowest BCUT2D eigenvalue weighted by Crippen LogP contribution is -2.18. The van der Waals surface area contributed by atoms with Crippen LogP contribution in [0.2, 0.25) is 0 Å². The topological polar surface area (TPSA) is 63.6 Å². The molecule has 0 aromatic rings. The number of rotatable bonds is 41. The number of carbonyl (C=O) groups excluding carboxylic acids is 1. The minimum Gasteiger partial charge on any atom is -0.481 e. The number of ether oxygens (including phenoxy) is 1. The van der Waals surface area contributed by atoms with E-state index in [9.17, 15) is 9.59 Å². The summed E-state index contributed by atoms with van der Waals surface area (Å²) in [5.41, 5.74) is 0. The Labute approximate surface area is 323 Å². The molecule has 4 nitrogen and oxygen atoms in total. The van der Waals surface area contributed by atoms with E-state index in [-0.39, 0.29) is 18.5 Å². The molecule has 0 saturated heterocycles. The molecule has 0 aliphatic rings. The van der Waals surface area contributed by atoms with Crippen LogP contribution >= 0.6 is 0 Å². The second kappa shape index (κ2) is 43.3. The minimum absolute atomic E-state index is 0.0571. The third-order valence-electron chi connectivity index (χ3n) is 10.1. The molecular formula is C48H86O4. The van der Waals surface area contributed by atoms with Gasteiger partial charge in [-0.05, 0) is 83.5 Å². The molecule has 52 heavy (non-hydrogen) atoms. The quantitative estimate of drug-likeness (QED) is 0.0387. The number of carboxylic acids is 1. The van der Waals surface area contributed by atoms with E-state index in [0.29, 0.717) is 12.8 Å². The second-order valence-electron chi connectivity index (χ2n) is 15.2. The van der Waals surface area contributed by atoms with E-state index in [2.05, 4.69) is 62.5 Å². The predicted octanol–water partition coefficient (Wildman–Crippen LogP) is 15.9. The highest BCUT2D eigenvalue weighted by molar-refractivity contribution is 5.69. The van der Waals surface area contributed by atoms with Crippen molar-refractivity contribution < 1.29 is 19.4 Å². The van der Waals surface area contributed by atoms with Crippen molar-refractivity contribution in [3.8, 4) is 0 Å². The zero-order chi connectivity index (χ0) is 37.8. The summed E-state index contributed by atoms with van der Waals surface area (Å²) >= 11 is 0. The van der Waals surface area contributed by atoms with Crippen molar-refractivity contribution in [2.45, 2.75) is 245 Å². The van der Waals surface area contributed by atoms with Crippen LogP contribution in [0.25, 0.3) is 0 Å². The molecule has 0 bridgehead atoms. The van der Waals surface area contributed by atoms with Crippen LogP contribution in [-0.4, -0.2) is 23.1 Å². The summed E-state index contributed by atoms with van der Waals surface area (Å²) in [6, 6.07) is 0. The zero-order valence-corrected chi connectivity index (χ0v) is 34.6. The first-order chi connectivity index (χ1) is 25.6. The number of hydrogen-bond acceptors (Lipinski definition) is 3.